The second kappa shape index (κ2) is 9.85. The van der Waals surface area contributed by atoms with Crippen molar-refractivity contribution < 1.29 is 23.9 Å². The number of anilines is 2. The summed E-state index contributed by atoms with van der Waals surface area (Å²) in [4.78, 5) is 40.7. The van der Waals surface area contributed by atoms with Crippen LogP contribution in [0.3, 0.4) is 0 Å². The molecule has 0 bridgehead atoms. The third-order valence-corrected chi connectivity index (χ3v) is 4.83. The molecule has 1 aromatic rings. The number of esters is 1. The molecular weight excluding hydrogens is 398 g/mol. The molecule has 1 N–H and O–H groups in total. The maximum atomic E-state index is 12.6. The highest BCUT2D eigenvalue weighted by Crippen LogP contribution is 2.29. The number of amides is 2. The number of carbonyl (C=O) groups is 3. The molecule has 2 rings (SSSR count). The van der Waals surface area contributed by atoms with Gasteiger partial charge in [-0.2, -0.15) is 0 Å². The number of benzene rings is 1. The van der Waals surface area contributed by atoms with E-state index in [1.807, 2.05) is 40.7 Å². The van der Waals surface area contributed by atoms with E-state index >= 15 is 0 Å². The average molecular weight is 432 g/mol. The van der Waals surface area contributed by atoms with E-state index in [2.05, 4.69) is 16.8 Å². The Morgan fingerprint density at radius 2 is 1.81 bits per heavy atom. The van der Waals surface area contributed by atoms with Crippen LogP contribution in [0.5, 0.6) is 0 Å². The Hall–Kier alpha value is -3.03. The summed E-state index contributed by atoms with van der Waals surface area (Å²) in [6, 6.07) is 5.03. The lowest BCUT2D eigenvalue weighted by Crippen LogP contribution is -2.59. The van der Waals surface area contributed by atoms with Crippen LogP contribution < -0.4 is 10.2 Å². The van der Waals surface area contributed by atoms with Crippen LogP contribution in [-0.4, -0.2) is 60.3 Å². The molecule has 2 atom stereocenters. The topological polar surface area (TPSA) is 88.2 Å². The molecule has 170 valence electrons. The quantitative estimate of drug-likeness (QED) is 0.563. The van der Waals surface area contributed by atoms with Gasteiger partial charge in [-0.05, 0) is 65.8 Å². The summed E-state index contributed by atoms with van der Waals surface area (Å²) in [5.41, 5.74) is 0.898. The molecule has 1 aliphatic heterocycles. The highest BCUT2D eigenvalue weighted by Gasteiger charge is 2.35. The van der Waals surface area contributed by atoms with Crippen LogP contribution in [0.1, 0.15) is 51.9 Å². The first-order valence-electron chi connectivity index (χ1n) is 10.5. The van der Waals surface area contributed by atoms with E-state index in [0.29, 0.717) is 18.8 Å². The van der Waals surface area contributed by atoms with Gasteiger partial charge in [0.2, 0.25) is 5.91 Å². The van der Waals surface area contributed by atoms with Gasteiger partial charge in [0.25, 0.3) is 0 Å². The molecule has 2 amide bonds. The Morgan fingerprint density at radius 1 is 1.19 bits per heavy atom. The summed E-state index contributed by atoms with van der Waals surface area (Å²) in [7, 11) is 0. The lowest BCUT2D eigenvalue weighted by molar-refractivity contribution is -0.111. The van der Waals surface area contributed by atoms with Crippen molar-refractivity contribution in [3.8, 4) is 0 Å². The number of rotatable bonds is 5. The van der Waals surface area contributed by atoms with Crippen molar-refractivity contribution in [2.75, 3.05) is 29.9 Å². The Labute approximate surface area is 184 Å². The first-order valence-corrected chi connectivity index (χ1v) is 10.5. The fraction of sp³-hybridized carbons (Fsp3) is 0.522. The van der Waals surface area contributed by atoms with Crippen LogP contribution in [0, 0.1) is 0 Å². The zero-order valence-electron chi connectivity index (χ0n) is 19.2. The average Bonchev–Trinajstić information content (AvgIpc) is 2.65. The number of carbonyl (C=O) groups excluding carboxylic acids is 3. The van der Waals surface area contributed by atoms with Crippen LogP contribution in [0.4, 0.5) is 16.2 Å². The second-order valence-electron chi connectivity index (χ2n) is 8.63. The summed E-state index contributed by atoms with van der Waals surface area (Å²) < 4.78 is 10.7. The van der Waals surface area contributed by atoms with Crippen LogP contribution in [-0.2, 0) is 14.3 Å². The number of piperazine rings is 1. The molecule has 31 heavy (non-hydrogen) atoms. The van der Waals surface area contributed by atoms with Crippen LogP contribution >= 0.6 is 0 Å². The highest BCUT2D eigenvalue weighted by molar-refractivity contribution is 6.05. The molecule has 8 nitrogen and oxygen atoms in total. The normalized spacial score (nSPS) is 18.9. The number of hydrogen-bond acceptors (Lipinski definition) is 6. The fourth-order valence-electron chi connectivity index (χ4n) is 3.61. The predicted octanol–water partition coefficient (Wildman–Crippen LogP) is 3.82. The Morgan fingerprint density at radius 3 is 2.32 bits per heavy atom. The monoisotopic (exact) mass is 431 g/mol. The summed E-state index contributed by atoms with van der Waals surface area (Å²) in [5, 5.41) is 2.69. The van der Waals surface area contributed by atoms with Gasteiger partial charge >= 0.3 is 12.1 Å². The second-order valence-corrected chi connectivity index (χ2v) is 8.63. The highest BCUT2D eigenvalue weighted by atomic mass is 16.6. The summed E-state index contributed by atoms with van der Waals surface area (Å²) in [5.74, 6) is -0.927. The van der Waals surface area contributed by atoms with E-state index in [4.69, 9.17) is 9.47 Å². The first kappa shape index (κ1) is 24.2. The first-order chi connectivity index (χ1) is 14.5. The lowest BCUT2D eigenvalue weighted by Gasteiger charge is -2.45. The third kappa shape index (κ3) is 6.23. The Balaban J connectivity index is 2.27. The van der Waals surface area contributed by atoms with Crippen molar-refractivity contribution in [1.82, 2.24) is 4.90 Å². The van der Waals surface area contributed by atoms with Gasteiger partial charge < -0.3 is 19.7 Å². The largest absolute Gasteiger partial charge is 0.462 e. The maximum absolute atomic E-state index is 12.6. The predicted molar refractivity (Wildman–Crippen MR) is 120 cm³/mol. The molecule has 0 aromatic heterocycles. The van der Waals surface area contributed by atoms with Crippen molar-refractivity contribution in [3.05, 3.63) is 36.4 Å². The molecule has 1 fully saturated rings. The minimum atomic E-state index is -0.561. The number of nitrogens with one attached hydrogen (secondary N) is 1. The standard InChI is InChI=1S/C23H33N3O5/c1-8-20(27)24-19-12-17(10-11-18(19)21(28)30-9-2)25-13-15(3)26(16(4)14-25)22(29)31-23(5,6)7/h8,10-12,15-16H,1,9,13-14H2,2-7H3,(H,24,27)/t15-,16?/m1/s1. The van der Waals surface area contributed by atoms with Crippen LogP contribution in [0.25, 0.3) is 0 Å². The van der Waals surface area contributed by atoms with Gasteiger partial charge in [0, 0.05) is 18.8 Å². The van der Waals surface area contributed by atoms with E-state index in [9.17, 15) is 14.4 Å². The SMILES string of the molecule is C=CC(=O)Nc1cc(N2CC(C)N(C(=O)OC(C)(C)C)[C@H](C)C2)ccc1C(=O)OCC. The number of hydrogen-bond donors (Lipinski definition) is 1. The third-order valence-electron chi connectivity index (χ3n) is 4.83. The van der Waals surface area contributed by atoms with Gasteiger partial charge in [0.1, 0.15) is 5.60 Å². The summed E-state index contributed by atoms with van der Waals surface area (Å²) in [6.07, 6.45) is 0.814. The molecule has 8 heteroatoms. The molecule has 1 saturated heterocycles. The molecule has 1 unspecified atom stereocenters. The minimum Gasteiger partial charge on any atom is -0.462 e. The number of nitrogens with zero attached hydrogens (tertiary/aromatic N) is 2. The molecule has 1 aliphatic rings. The van der Waals surface area contributed by atoms with Gasteiger partial charge in [-0.1, -0.05) is 6.58 Å². The molecule has 0 saturated carbocycles. The zero-order valence-corrected chi connectivity index (χ0v) is 19.2. The Kier molecular flexibility index (Phi) is 7.70. The van der Waals surface area contributed by atoms with E-state index in [1.165, 1.54) is 0 Å². The van der Waals surface area contributed by atoms with E-state index in [0.717, 1.165) is 11.8 Å². The zero-order chi connectivity index (χ0) is 23.3. The van der Waals surface area contributed by atoms with Crippen LogP contribution in [0.2, 0.25) is 0 Å². The lowest BCUT2D eigenvalue weighted by atomic mass is 10.1. The molecule has 0 aliphatic carbocycles. The van der Waals surface area contributed by atoms with Crippen molar-refractivity contribution in [1.29, 1.82) is 0 Å². The van der Waals surface area contributed by atoms with Gasteiger partial charge in [-0.25, -0.2) is 9.59 Å². The van der Waals surface area contributed by atoms with Gasteiger partial charge in [0.05, 0.1) is 29.9 Å². The van der Waals surface area contributed by atoms with Gasteiger partial charge in [0.15, 0.2) is 0 Å². The maximum Gasteiger partial charge on any atom is 0.410 e. The Bertz CT molecular complexity index is 834. The molecule has 0 spiro atoms. The molecule has 1 heterocycles. The van der Waals surface area contributed by atoms with E-state index in [1.54, 1.807) is 24.0 Å². The molecular formula is C23H33N3O5. The number of ether oxygens (including phenoxy) is 2. The van der Waals surface area contributed by atoms with E-state index < -0.39 is 17.5 Å². The summed E-state index contributed by atoms with van der Waals surface area (Å²) in [6.45, 7) is 16.1. The molecule has 0 radical (unpaired) electrons. The van der Waals surface area contributed by atoms with Crippen molar-refractivity contribution >= 4 is 29.3 Å². The van der Waals surface area contributed by atoms with Gasteiger partial charge in [-0.3, -0.25) is 9.69 Å². The fourth-order valence-corrected chi connectivity index (χ4v) is 3.61. The van der Waals surface area contributed by atoms with Crippen molar-refractivity contribution in [2.45, 2.75) is 59.2 Å². The minimum absolute atomic E-state index is 0.0884. The summed E-state index contributed by atoms with van der Waals surface area (Å²) >= 11 is 0. The molecule has 1 aromatic carbocycles. The van der Waals surface area contributed by atoms with Gasteiger partial charge in [-0.15, -0.1) is 0 Å². The smallest absolute Gasteiger partial charge is 0.410 e. The van der Waals surface area contributed by atoms with E-state index in [-0.39, 0.29) is 30.3 Å². The van der Waals surface area contributed by atoms with Crippen LogP contribution in [0.15, 0.2) is 30.9 Å². The van der Waals surface area contributed by atoms with Crippen molar-refractivity contribution in [2.24, 2.45) is 0 Å². The van der Waals surface area contributed by atoms with Crippen molar-refractivity contribution in [3.63, 3.8) is 0 Å².